The minimum Gasteiger partial charge on any atom is -0.349 e. The van der Waals surface area contributed by atoms with E-state index in [2.05, 4.69) is 20.3 Å². The quantitative estimate of drug-likeness (QED) is 0.453. The molecule has 0 unspecified atom stereocenters. The third kappa shape index (κ3) is 4.34. The smallest absolute Gasteiger partial charge is 0.349 e. The summed E-state index contributed by atoms with van der Waals surface area (Å²) in [5.74, 6) is 0.0725. The molecule has 0 aliphatic rings. The first-order chi connectivity index (χ1) is 14.2. The van der Waals surface area contributed by atoms with Gasteiger partial charge in [-0.25, -0.2) is 9.97 Å². The zero-order valence-electron chi connectivity index (χ0n) is 15.3. The molecule has 0 bridgehead atoms. The number of fused-ring (bicyclic) bond motifs is 1. The molecule has 3 aromatic rings. The lowest BCUT2D eigenvalue weighted by atomic mass is 10.2. The summed E-state index contributed by atoms with van der Waals surface area (Å²) in [4.78, 5) is 25.3. The van der Waals surface area contributed by atoms with Crippen molar-refractivity contribution in [2.75, 3.05) is 23.3 Å². The van der Waals surface area contributed by atoms with Gasteiger partial charge in [0.15, 0.2) is 0 Å². The van der Waals surface area contributed by atoms with Crippen LogP contribution in [0.5, 0.6) is 0 Å². The molecule has 0 aliphatic carbocycles. The Balaban J connectivity index is 2.05. The molecule has 0 saturated heterocycles. The van der Waals surface area contributed by atoms with Crippen LogP contribution in [0.3, 0.4) is 0 Å². The lowest BCUT2D eigenvalue weighted by Gasteiger charge is -2.21. The standard InChI is InChI=1S/C19H16N8O2/c20-8-3-11-26(12-4-9-21)19-17(27(28)29)18(23-13-24-19)25-15-7-1-5-14-6-2-10-22-16(14)15/h1-2,5-7,10,13H,3-4,11-12H2,(H,23,24,25). The van der Waals surface area contributed by atoms with Gasteiger partial charge >= 0.3 is 5.69 Å². The van der Waals surface area contributed by atoms with E-state index in [0.717, 1.165) is 5.39 Å². The van der Waals surface area contributed by atoms with Crippen LogP contribution in [0.15, 0.2) is 42.9 Å². The van der Waals surface area contributed by atoms with Crippen molar-refractivity contribution in [1.29, 1.82) is 10.5 Å². The van der Waals surface area contributed by atoms with Crippen molar-refractivity contribution < 1.29 is 4.92 Å². The molecule has 144 valence electrons. The molecule has 0 aliphatic heterocycles. The van der Waals surface area contributed by atoms with E-state index in [1.165, 1.54) is 6.33 Å². The highest BCUT2D eigenvalue weighted by Gasteiger charge is 2.27. The third-order valence-electron chi connectivity index (χ3n) is 4.16. The molecule has 0 saturated carbocycles. The number of hydrogen-bond donors (Lipinski definition) is 1. The Hall–Kier alpha value is -4.31. The molecule has 10 nitrogen and oxygen atoms in total. The van der Waals surface area contributed by atoms with Crippen molar-refractivity contribution in [1.82, 2.24) is 15.0 Å². The molecular formula is C19H16N8O2. The molecule has 10 heteroatoms. The maximum atomic E-state index is 11.9. The lowest BCUT2D eigenvalue weighted by molar-refractivity contribution is -0.383. The Morgan fingerprint density at radius 2 is 1.79 bits per heavy atom. The van der Waals surface area contributed by atoms with E-state index in [1.54, 1.807) is 23.2 Å². The molecule has 2 heterocycles. The summed E-state index contributed by atoms with van der Waals surface area (Å²) in [7, 11) is 0. The minimum absolute atomic E-state index is 0.0112. The van der Waals surface area contributed by atoms with Gasteiger partial charge in [-0.3, -0.25) is 15.1 Å². The summed E-state index contributed by atoms with van der Waals surface area (Å²) in [6, 6.07) is 13.2. The number of aromatic nitrogens is 3. The Labute approximate surface area is 166 Å². The van der Waals surface area contributed by atoms with Crippen molar-refractivity contribution in [2.45, 2.75) is 12.8 Å². The topological polar surface area (TPSA) is 145 Å². The molecule has 1 N–H and O–H groups in total. The highest BCUT2D eigenvalue weighted by Crippen LogP contribution is 2.35. The maximum absolute atomic E-state index is 11.9. The number of anilines is 3. The minimum atomic E-state index is -0.567. The Morgan fingerprint density at radius 1 is 1.07 bits per heavy atom. The summed E-state index contributed by atoms with van der Waals surface area (Å²) in [6.45, 7) is 0.427. The van der Waals surface area contributed by atoms with E-state index in [4.69, 9.17) is 10.5 Å². The van der Waals surface area contributed by atoms with Crippen LogP contribution < -0.4 is 10.2 Å². The molecule has 0 radical (unpaired) electrons. The summed E-state index contributed by atoms with van der Waals surface area (Å²) in [6.07, 6.45) is 3.14. The summed E-state index contributed by atoms with van der Waals surface area (Å²) >= 11 is 0. The third-order valence-corrected chi connectivity index (χ3v) is 4.16. The van der Waals surface area contributed by atoms with Gasteiger partial charge in [0.05, 0.1) is 41.1 Å². The second-order valence-corrected chi connectivity index (χ2v) is 5.96. The van der Waals surface area contributed by atoms with Gasteiger partial charge in [0, 0.05) is 24.7 Å². The molecule has 0 spiro atoms. The van der Waals surface area contributed by atoms with E-state index < -0.39 is 4.92 Å². The van der Waals surface area contributed by atoms with Crippen molar-refractivity contribution in [3.63, 3.8) is 0 Å². The van der Waals surface area contributed by atoms with Gasteiger partial charge in [-0.15, -0.1) is 0 Å². The zero-order chi connectivity index (χ0) is 20.6. The number of pyridine rings is 1. The number of nitro groups is 1. The Bertz CT molecular complexity index is 1100. The number of nitrogens with zero attached hydrogens (tertiary/aromatic N) is 7. The van der Waals surface area contributed by atoms with Crippen LogP contribution in [0.2, 0.25) is 0 Å². The number of benzene rings is 1. The fraction of sp³-hybridized carbons (Fsp3) is 0.211. The van der Waals surface area contributed by atoms with Crippen LogP contribution in [0, 0.1) is 32.8 Å². The van der Waals surface area contributed by atoms with Gasteiger partial charge in [0.25, 0.3) is 0 Å². The van der Waals surface area contributed by atoms with Crippen molar-refractivity contribution in [2.24, 2.45) is 0 Å². The van der Waals surface area contributed by atoms with Gasteiger partial charge in [-0.2, -0.15) is 10.5 Å². The van der Waals surface area contributed by atoms with E-state index in [-0.39, 0.29) is 43.3 Å². The second kappa shape index (κ2) is 9.06. The van der Waals surface area contributed by atoms with Gasteiger partial charge in [-0.05, 0) is 12.1 Å². The van der Waals surface area contributed by atoms with Crippen molar-refractivity contribution in [3.05, 3.63) is 53.0 Å². The van der Waals surface area contributed by atoms with Crippen LogP contribution in [-0.4, -0.2) is 33.0 Å². The summed E-state index contributed by atoms with van der Waals surface area (Å²) in [5, 5.41) is 33.5. The van der Waals surface area contributed by atoms with Gasteiger partial charge in [0.2, 0.25) is 11.6 Å². The normalized spacial score (nSPS) is 10.1. The van der Waals surface area contributed by atoms with Gasteiger partial charge in [-0.1, -0.05) is 18.2 Å². The summed E-state index contributed by atoms with van der Waals surface area (Å²) in [5.41, 5.74) is 0.892. The average Bonchev–Trinajstić information content (AvgIpc) is 2.74. The van der Waals surface area contributed by atoms with Gasteiger partial charge < -0.3 is 10.2 Å². The van der Waals surface area contributed by atoms with Gasteiger partial charge in [0.1, 0.15) is 6.33 Å². The van der Waals surface area contributed by atoms with Crippen LogP contribution in [0.1, 0.15) is 12.8 Å². The van der Waals surface area contributed by atoms with Crippen LogP contribution >= 0.6 is 0 Å². The van der Waals surface area contributed by atoms with E-state index in [9.17, 15) is 10.1 Å². The van der Waals surface area contributed by atoms with Crippen molar-refractivity contribution in [3.8, 4) is 12.1 Å². The van der Waals surface area contributed by atoms with E-state index in [1.807, 2.05) is 30.3 Å². The summed E-state index contributed by atoms with van der Waals surface area (Å²) < 4.78 is 0. The zero-order valence-corrected chi connectivity index (χ0v) is 15.3. The highest BCUT2D eigenvalue weighted by molar-refractivity contribution is 5.92. The SMILES string of the molecule is N#CCCN(CCC#N)c1ncnc(Nc2cccc3cccnc23)c1[N+](=O)[O-]. The predicted octanol–water partition coefficient (Wildman–Crippen LogP) is 3.31. The molecular weight excluding hydrogens is 372 g/mol. The largest absolute Gasteiger partial charge is 0.353 e. The number of nitrogens with one attached hydrogen (secondary N) is 1. The number of para-hydroxylation sites is 1. The molecule has 0 fully saturated rings. The first kappa shape index (κ1) is 19.5. The van der Waals surface area contributed by atoms with E-state index >= 15 is 0 Å². The first-order valence-corrected chi connectivity index (χ1v) is 8.74. The van der Waals surface area contributed by atoms with Crippen LogP contribution in [0.25, 0.3) is 10.9 Å². The molecule has 3 rings (SSSR count). The average molecular weight is 388 g/mol. The van der Waals surface area contributed by atoms with Crippen LogP contribution in [0.4, 0.5) is 23.0 Å². The van der Waals surface area contributed by atoms with Crippen LogP contribution in [-0.2, 0) is 0 Å². The monoisotopic (exact) mass is 388 g/mol. The molecule has 29 heavy (non-hydrogen) atoms. The maximum Gasteiger partial charge on any atom is 0.353 e. The molecule has 0 atom stereocenters. The Morgan fingerprint density at radius 3 is 2.48 bits per heavy atom. The fourth-order valence-corrected chi connectivity index (χ4v) is 2.89. The van der Waals surface area contributed by atoms with Crippen molar-refractivity contribution >= 4 is 33.9 Å². The predicted molar refractivity (Wildman–Crippen MR) is 106 cm³/mol. The molecule has 1 aromatic carbocycles. The fourth-order valence-electron chi connectivity index (χ4n) is 2.89. The highest BCUT2D eigenvalue weighted by atomic mass is 16.6. The first-order valence-electron chi connectivity index (χ1n) is 8.74. The molecule has 0 amide bonds. The second-order valence-electron chi connectivity index (χ2n) is 5.96. The number of rotatable bonds is 8. The number of nitriles is 2. The lowest BCUT2D eigenvalue weighted by Crippen LogP contribution is -2.27. The Kier molecular flexibility index (Phi) is 6.08. The number of hydrogen-bond acceptors (Lipinski definition) is 9. The molecule has 2 aromatic heterocycles. The van der Waals surface area contributed by atoms with E-state index in [0.29, 0.717) is 11.2 Å².